The van der Waals surface area contributed by atoms with Crippen LogP contribution in [-0.2, 0) is 31.4 Å². The van der Waals surface area contributed by atoms with Crippen LogP contribution in [0.5, 0.6) is 5.75 Å². The van der Waals surface area contributed by atoms with Crippen LogP contribution in [0.15, 0.2) is 83.1 Å². The number of nitrogens with zero attached hydrogens (tertiary/aromatic N) is 7. The maximum Gasteiger partial charge on any atom is 0.279 e. The number of hydrogen-bond donors (Lipinski definition) is 0. The molecule has 0 saturated carbocycles. The Kier molecular flexibility index (Phi) is 8.93. The second kappa shape index (κ2) is 12.9. The third kappa shape index (κ3) is 6.41. The van der Waals surface area contributed by atoms with Crippen molar-refractivity contribution in [3.63, 3.8) is 0 Å². The minimum absolute atomic E-state index is 0.0414. The number of rotatable bonds is 10. The molecule has 13 nitrogen and oxygen atoms in total. The molecular formula is C30H27ClFN7O6S2. The smallest absolute Gasteiger partial charge is 0.279 e. The number of benzene rings is 2. The van der Waals surface area contributed by atoms with E-state index in [1.807, 2.05) is 0 Å². The van der Waals surface area contributed by atoms with Gasteiger partial charge in [0.2, 0.25) is 5.82 Å². The fourth-order valence-corrected chi connectivity index (χ4v) is 9.03. The van der Waals surface area contributed by atoms with Crippen molar-refractivity contribution < 1.29 is 30.7 Å². The van der Waals surface area contributed by atoms with Gasteiger partial charge in [-0.3, -0.25) is 9.97 Å². The Morgan fingerprint density at radius 2 is 1.62 bits per heavy atom. The van der Waals surface area contributed by atoms with Crippen LogP contribution in [0.25, 0.3) is 11.1 Å². The molecule has 0 N–H and O–H groups in total. The van der Waals surface area contributed by atoms with Crippen molar-refractivity contribution in [2.45, 2.75) is 49.3 Å². The van der Waals surface area contributed by atoms with E-state index in [4.69, 9.17) is 21.1 Å². The number of halogens is 2. The van der Waals surface area contributed by atoms with Crippen molar-refractivity contribution in [3.8, 4) is 16.9 Å². The predicted molar refractivity (Wildman–Crippen MR) is 168 cm³/mol. The lowest BCUT2D eigenvalue weighted by molar-refractivity contribution is 0.0338. The van der Waals surface area contributed by atoms with Crippen LogP contribution in [0.2, 0.25) is 5.02 Å². The molecule has 5 aromatic rings. The molecule has 0 aliphatic carbocycles. The van der Waals surface area contributed by atoms with Crippen LogP contribution in [0, 0.1) is 19.7 Å². The van der Waals surface area contributed by atoms with E-state index >= 15 is 4.39 Å². The zero-order valence-electron chi connectivity index (χ0n) is 25.0. The summed E-state index contributed by atoms with van der Waals surface area (Å²) in [5, 5.41) is 11.9. The summed E-state index contributed by atoms with van der Waals surface area (Å²) in [4.78, 5) is 8.17. The lowest BCUT2D eigenvalue weighted by atomic mass is 10.0. The minimum atomic E-state index is -5.09. The van der Waals surface area contributed by atoms with Gasteiger partial charge in [-0.2, -0.15) is 20.5 Å². The van der Waals surface area contributed by atoms with Crippen molar-refractivity contribution in [1.29, 1.82) is 0 Å². The van der Waals surface area contributed by atoms with Crippen molar-refractivity contribution in [2.24, 2.45) is 0 Å². The van der Waals surface area contributed by atoms with Gasteiger partial charge in [-0.1, -0.05) is 41.9 Å². The zero-order valence-corrected chi connectivity index (χ0v) is 27.4. The number of pyridine rings is 2. The summed E-state index contributed by atoms with van der Waals surface area (Å²) in [5.41, 5.74) is 0.128. The van der Waals surface area contributed by atoms with Gasteiger partial charge in [-0.25, -0.2) is 4.39 Å². The van der Waals surface area contributed by atoms with Crippen LogP contribution in [0.3, 0.4) is 0 Å². The number of ether oxygens (including phenoxy) is 2. The third-order valence-electron chi connectivity index (χ3n) is 7.13. The molecule has 6 rings (SSSR count). The molecule has 3 aromatic heterocycles. The van der Waals surface area contributed by atoms with Gasteiger partial charge in [0.1, 0.15) is 15.5 Å². The molecular weight excluding hydrogens is 673 g/mol. The molecule has 17 heteroatoms. The van der Waals surface area contributed by atoms with Gasteiger partial charge >= 0.3 is 0 Å². The molecule has 1 atom stereocenters. The summed E-state index contributed by atoms with van der Waals surface area (Å²) >= 11 is 6.56. The molecule has 0 amide bonds. The summed E-state index contributed by atoms with van der Waals surface area (Å²) in [5.74, 6) is -1.94. The maximum atomic E-state index is 17.0. The van der Waals surface area contributed by atoms with E-state index in [0.29, 0.717) is 24.2 Å². The van der Waals surface area contributed by atoms with E-state index in [-0.39, 0.29) is 25.7 Å². The second-order valence-electron chi connectivity index (χ2n) is 10.6. The largest absolute Gasteiger partial charge is 0.481 e. The summed E-state index contributed by atoms with van der Waals surface area (Å²) in [7, 11) is -10.2. The lowest BCUT2D eigenvalue weighted by Crippen LogP contribution is -2.38. The first-order chi connectivity index (χ1) is 22.5. The molecule has 0 bridgehead atoms. The highest BCUT2D eigenvalue weighted by Gasteiger charge is 2.42. The van der Waals surface area contributed by atoms with Crippen LogP contribution in [-0.4, -0.2) is 53.6 Å². The molecule has 1 saturated heterocycles. The van der Waals surface area contributed by atoms with Gasteiger partial charge in [0.05, 0.1) is 5.02 Å². The molecule has 1 aliphatic heterocycles. The van der Waals surface area contributed by atoms with E-state index in [0.717, 1.165) is 18.8 Å². The molecule has 1 unspecified atom stereocenters. The van der Waals surface area contributed by atoms with Gasteiger partial charge in [-0.05, 0) is 66.8 Å². The first kappa shape index (κ1) is 32.4. The monoisotopic (exact) mass is 699 g/mol. The van der Waals surface area contributed by atoms with E-state index in [1.54, 1.807) is 44.2 Å². The summed E-state index contributed by atoms with van der Waals surface area (Å²) in [6.45, 7) is 3.29. The molecule has 2 aromatic carbocycles. The fourth-order valence-electron chi connectivity index (χ4n) is 4.95. The molecule has 4 heterocycles. The van der Waals surface area contributed by atoms with Gasteiger partial charge in [0.25, 0.3) is 20.0 Å². The minimum Gasteiger partial charge on any atom is -0.481 e. The van der Waals surface area contributed by atoms with Gasteiger partial charge in [0, 0.05) is 37.0 Å². The average Bonchev–Trinajstić information content (AvgIpc) is 3.75. The summed E-state index contributed by atoms with van der Waals surface area (Å²) in [6, 6.07) is 11.8. The van der Waals surface area contributed by atoms with Crippen molar-refractivity contribution >= 4 is 37.3 Å². The second-order valence-corrected chi connectivity index (χ2v) is 14.9. The van der Waals surface area contributed by atoms with Crippen molar-refractivity contribution in [2.75, 3.05) is 10.3 Å². The molecule has 47 heavy (non-hydrogen) atoms. The highest BCUT2D eigenvalue weighted by Crippen LogP contribution is 2.46. The molecule has 1 fully saturated rings. The van der Waals surface area contributed by atoms with Crippen molar-refractivity contribution in [3.05, 3.63) is 101 Å². The van der Waals surface area contributed by atoms with Gasteiger partial charge < -0.3 is 9.47 Å². The molecule has 244 valence electrons. The SMILES string of the molecule is Cc1cncc(S(=O)(=O)N(c2c(-c3ccccc3)cc(Cl)c(OCc3nnn(C4CCCO4)n3)c2F)S(=O)(=O)c2cncc(C)c2)c1. The number of tetrazole rings is 1. The first-order valence-corrected chi connectivity index (χ1v) is 17.5. The Morgan fingerprint density at radius 1 is 0.979 bits per heavy atom. The Labute approximate surface area is 275 Å². The number of aromatic nitrogens is 6. The highest BCUT2D eigenvalue weighted by atomic mass is 35.5. The quantitative estimate of drug-likeness (QED) is 0.193. The number of hydrogen-bond acceptors (Lipinski definition) is 11. The van der Waals surface area contributed by atoms with Crippen molar-refractivity contribution in [1.82, 2.24) is 30.2 Å². The Morgan fingerprint density at radius 3 is 2.19 bits per heavy atom. The molecule has 1 aliphatic rings. The van der Waals surface area contributed by atoms with Crippen LogP contribution >= 0.6 is 11.6 Å². The normalized spacial score (nSPS) is 15.1. The average molecular weight is 700 g/mol. The Bertz CT molecular complexity index is 2090. The zero-order chi connectivity index (χ0) is 33.3. The highest BCUT2D eigenvalue weighted by molar-refractivity contribution is 8.10. The number of aryl methyl sites for hydroxylation is 2. The summed E-state index contributed by atoms with van der Waals surface area (Å²) < 4.78 is 86.1. The Balaban J connectivity index is 1.56. The van der Waals surface area contributed by atoms with Crippen LogP contribution < -0.4 is 8.45 Å². The molecule has 0 spiro atoms. The first-order valence-electron chi connectivity index (χ1n) is 14.2. The lowest BCUT2D eigenvalue weighted by Gasteiger charge is -2.27. The topological polar surface area (TPSA) is 159 Å². The maximum absolute atomic E-state index is 17.0. The number of anilines is 1. The van der Waals surface area contributed by atoms with Gasteiger partial charge in [0.15, 0.2) is 24.4 Å². The van der Waals surface area contributed by atoms with Crippen LogP contribution in [0.1, 0.15) is 36.0 Å². The Hall–Kier alpha value is -4.51. The standard InChI is InChI=1S/C30H27ClFN7O6S2/c1-19-11-22(16-33-14-19)46(40,41)39(47(42,43)23-12-20(2)15-34-17-23)29-24(21-7-4-3-5-8-21)13-25(31)30(28(29)32)45-18-26-35-37-38(36-26)27-9-6-10-44-27/h3-5,7-8,11-17,27H,6,9-10,18H2,1-2H3. The van der Waals surface area contributed by atoms with E-state index in [2.05, 4.69) is 25.4 Å². The number of sulfonamides is 2. The van der Waals surface area contributed by atoms with Crippen LogP contribution in [0.4, 0.5) is 10.1 Å². The van der Waals surface area contributed by atoms with Gasteiger partial charge in [-0.15, -0.1) is 15.0 Å². The summed E-state index contributed by atoms with van der Waals surface area (Å²) in [6.07, 6.45) is 5.88. The fraction of sp³-hybridized carbons (Fsp3) is 0.233. The third-order valence-corrected chi connectivity index (χ3v) is 11.5. The van der Waals surface area contributed by atoms with E-state index in [1.165, 1.54) is 35.4 Å². The molecule has 0 radical (unpaired) electrons. The van der Waals surface area contributed by atoms with E-state index < -0.39 is 59.9 Å². The predicted octanol–water partition coefficient (Wildman–Crippen LogP) is 5.01. The van der Waals surface area contributed by atoms with E-state index in [9.17, 15) is 16.8 Å².